The summed E-state index contributed by atoms with van der Waals surface area (Å²) in [7, 11) is 4.30. The number of quaternary nitrogens is 1. The quantitative estimate of drug-likeness (QED) is 0.788. The predicted octanol–water partition coefficient (Wildman–Crippen LogP) is 2.80. The molecule has 1 heterocycles. The first-order valence-corrected chi connectivity index (χ1v) is 8.76. The van der Waals surface area contributed by atoms with Crippen LogP contribution in [0.4, 0.5) is 5.69 Å². The number of benzene rings is 1. The fourth-order valence-electron chi connectivity index (χ4n) is 2.74. The number of aryl methyl sites for hydroxylation is 2. The second kappa shape index (κ2) is 8.31. The SMILES string of the molecule is Cc1cc(C)cc(NC(=S)N(CC[NH+](C)C)C(C)c2ccco2)c1. The third kappa shape index (κ3) is 5.08. The number of nitrogens with one attached hydrogen (secondary N) is 2. The summed E-state index contributed by atoms with van der Waals surface area (Å²) >= 11 is 5.71. The van der Waals surface area contributed by atoms with E-state index in [2.05, 4.69) is 63.3 Å². The van der Waals surface area contributed by atoms with Crippen LogP contribution in [0.25, 0.3) is 0 Å². The Labute approximate surface area is 150 Å². The fraction of sp³-hybridized carbons (Fsp3) is 0.421. The van der Waals surface area contributed by atoms with Gasteiger partial charge in [0, 0.05) is 5.69 Å². The topological polar surface area (TPSA) is 32.9 Å². The summed E-state index contributed by atoms with van der Waals surface area (Å²) in [5.41, 5.74) is 3.48. The van der Waals surface area contributed by atoms with E-state index in [4.69, 9.17) is 16.6 Å². The van der Waals surface area contributed by atoms with Gasteiger partial charge in [0.05, 0.1) is 39.5 Å². The van der Waals surface area contributed by atoms with Crippen molar-refractivity contribution in [2.24, 2.45) is 0 Å². The number of hydrogen-bond donors (Lipinski definition) is 2. The van der Waals surface area contributed by atoms with Crippen LogP contribution in [-0.2, 0) is 0 Å². The molecule has 0 aliphatic rings. The molecule has 5 heteroatoms. The van der Waals surface area contributed by atoms with Gasteiger partial charge in [-0.2, -0.15) is 0 Å². The Morgan fingerprint density at radius 1 is 1.25 bits per heavy atom. The van der Waals surface area contributed by atoms with Gasteiger partial charge in [0.25, 0.3) is 0 Å². The van der Waals surface area contributed by atoms with Crippen LogP contribution in [0, 0.1) is 13.8 Å². The van der Waals surface area contributed by atoms with Crippen LogP contribution in [0.5, 0.6) is 0 Å². The zero-order chi connectivity index (χ0) is 17.7. The second-order valence-electron chi connectivity index (χ2n) is 6.65. The summed E-state index contributed by atoms with van der Waals surface area (Å²) < 4.78 is 5.59. The lowest BCUT2D eigenvalue weighted by molar-refractivity contribution is -0.857. The van der Waals surface area contributed by atoms with Crippen molar-refractivity contribution < 1.29 is 9.32 Å². The summed E-state index contributed by atoms with van der Waals surface area (Å²) in [5.74, 6) is 0.924. The molecule has 2 aromatic rings. The largest absolute Gasteiger partial charge is 0.467 e. The average Bonchev–Trinajstić information content (AvgIpc) is 2.99. The summed E-state index contributed by atoms with van der Waals surface area (Å²) in [6.07, 6.45) is 1.71. The van der Waals surface area contributed by atoms with E-state index in [0.29, 0.717) is 0 Å². The van der Waals surface area contributed by atoms with E-state index in [1.807, 2.05) is 12.1 Å². The normalized spacial score (nSPS) is 12.2. The highest BCUT2D eigenvalue weighted by atomic mass is 32.1. The summed E-state index contributed by atoms with van der Waals surface area (Å²) in [5, 5.41) is 4.12. The molecule has 0 bridgehead atoms. The molecule has 0 fully saturated rings. The number of thiocarbonyl (C=S) groups is 1. The maximum absolute atomic E-state index is 5.71. The number of rotatable bonds is 6. The van der Waals surface area contributed by atoms with E-state index in [1.165, 1.54) is 16.0 Å². The Hall–Kier alpha value is -1.85. The van der Waals surface area contributed by atoms with E-state index in [9.17, 15) is 0 Å². The molecule has 0 saturated heterocycles. The lowest BCUT2D eigenvalue weighted by Crippen LogP contribution is -3.06. The smallest absolute Gasteiger partial charge is 0.174 e. The Morgan fingerprint density at radius 2 is 1.92 bits per heavy atom. The molecule has 0 amide bonds. The van der Waals surface area contributed by atoms with E-state index in [-0.39, 0.29) is 6.04 Å². The molecule has 0 aliphatic heterocycles. The van der Waals surface area contributed by atoms with Gasteiger partial charge < -0.3 is 19.5 Å². The minimum absolute atomic E-state index is 0.0882. The Balaban J connectivity index is 2.16. The Bertz CT molecular complexity index is 647. The van der Waals surface area contributed by atoms with Gasteiger partial charge in [-0.25, -0.2) is 0 Å². The van der Waals surface area contributed by atoms with Gasteiger partial charge in [0.1, 0.15) is 5.76 Å². The molecule has 2 N–H and O–H groups in total. The van der Waals surface area contributed by atoms with Crippen LogP contribution in [0.15, 0.2) is 41.0 Å². The highest BCUT2D eigenvalue weighted by Crippen LogP contribution is 2.22. The molecule has 4 nitrogen and oxygen atoms in total. The molecule has 1 aromatic heterocycles. The summed E-state index contributed by atoms with van der Waals surface area (Å²) in [6, 6.07) is 10.4. The first kappa shape index (κ1) is 18.5. The summed E-state index contributed by atoms with van der Waals surface area (Å²) in [4.78, 5) is 3.58. The molecule has 1 atom stereocenters. The van der Waals surface area contributed by atoms with Crippen LogP contribution in [0.3, 0.4) is 0 Å². The van der Waals surface area contributed by atoms with Crippen molar-refractivity contribution in [1.82, 2.24) is 4.90 Å². The molecule has 1 aromatic carbocycles. The van der Waals surface area contributed by atoms with Crippen LogP contribution in [0.1, 0.15) is 29.9 Å². The zero-order valence-electron chi connectivity index (χ0n) is 15.2. The van der Waals surface area contributed by atoms with E-state index in [0.717, 1.165) is 29.6 Å². The lowest BCUT2D eigenvalue weighted by atomic mass is 10.1. The third-order valence-corrected chi connectivity index (χ3v) is 4.35. The third-order valence-electron chi connectivity index (χ3n) is 4.01. The molecule has 2 rings (SSSR count). The first-order valence-electron chi connectivity index (χ1n) is 8.35. The van der Waals surface area contributed by atoms with Gasteiger partial charge in [0.2, 0.25) is 0 Å². The molecular formula is C19H28N3OS+. The number of nitrogens with zero attached hydrogens (tertiary/aromatic N) is 1. The van der Waals surface area contributed by atoms with Gasteiger partial charge in [-0.3, -0.25) is 0 Å². The predicted molar refractivity (Wildman–Crippen MR) is 104 cm³/mol. The van der Waals surface area contributed by atoms with Crippen molar-refractivity contribution >= 4 is 23.0 Å². The van der Waals surface area contributed by atoms with Crippen molar-refractivity contribution in [2.75, 3.05) is 32.5 Å². The maximum atomic E-state index is 5.71. The molecule has 24 heavy (non-hydrogen) atoms. The standard InChI is InChI=1S/C19H27N3OS/c1-14-11-15(2)13-17(12-14)20-19(24)22(9-8-21(4)5)16(3)18-7-6-10-23-18/h6-7,10-13,16H,8-9H2,1-5H3,(H,20,24)/p+1. The van der Waals surface area contributed by atoms with Crippen molar-refractivity contribution in [2.45, 2.75) is 26.8 Å². The summed E-state index contributed by atoms with van der Waals surface area (Å²) in [6.45, 7) is 8.18. The Kier molecular flexibility index (Phi) is 6.40. The van der Waals surface area contributed by atoms with Crippen LogP contribution in [-0.4, -0.2) is 37.2 Å². The number of hydrogen-bond acceptors (Lipinski definition) is 2. The van der Waals surface area contributed by atoms with Crippen molar-refractivity contribution in [3.63, 3.8) is 0 Å². The minimum Gasteiger partial charge on any atom is -0.467 e. The number of anilines is 1. The molecule has 0 radical (unpaired) electrons. The maximum Gasteiger partial charge on any atom is 0.174 e. The van der Waals surface area contributed by atoms with E-state index < -0.39 is 0 Å². The number of furan rings is 1. The van der Waals surface area contributed by atoms with Crippen molar-refractivity contribution in [1.29, 1.82) is 0 Å². The molecule has 0 saturated carbocycles. The molecule has 0 spiro atoms. The number of likely N-dealkylation sites (N-methyl/N-ethyl adjacent to an activating group) is 1. The lowest BCUT2D eigenvalue weighted by Gasteiger charge is -2.31. The van der Waals surface area contributed by atoms with Gasteiger partial charge in [0.15, 0.2) is 5.11 Å². The van der Waals surface area contributed by atoms with Gasteiger partial charge in [-0.05, 0) is 68.4 Å². The monoisotopic (exact) mass is 346 g/mol. The van der Waals surface area contributed by atoms with E-state index >= 15 is 0 Å². The molecule has 130 valence electrons. The minimum atomic E-state index is 0.0882. The van der Waals surface area contributed by atoms with Crippen LogP contribution >= 0.6 is 12.2 Å². The molecular weight excluding hydrogens is 318 g/mol. The van der Waals surface area contributed by atoms with Crippen molar-refractivity contribution in [3.8, 4) is 0 Å². The van der Waals surface area contributed by atoms with Crippen LogP contribution in [0.2, 0.25) is 0 Å². The van der Waals surface area contributed by atoms with Crippen LogP contribution < -0.4 is 10.2 Å². The molecule has 1 unspecified atom stereocenters. The van der Waals surface area contributed by atoms with Gasteiger partial charge in [-0.15, -0.1) is 0 Å². The highest BCUT2D eigenvalue weighted by molar-refractivity contribution is 7.80. The second-order valence-corrected chi connectivity index (χ2v) is 7.04. The highest BCUT2D eigenvalue weighted by Gasteiger charge is 2.21. The van der Waals surface area contributed by atoms with Gasteiger partial charge in [-0.1, -0.05) is 6.07 Å². The van der Waals surface area contributed by atoms with E-state index in [1.54, 1.807) is 6.26 Å². The van der Waals surface area contributed by atoms with Gasteiger partial charge >= 0.3 is 0 Å². The zero-order valence-corrected chi connectivity index (χ0v) is 16.0. The van der Waals surface area contributed by atoms with Crippen molar-refractivity contribution in [3.05, 3.63) is 53.5 Å². The first-order chi connectivity index (χ1) is 11.4. The average molecular weight is 347 g/mol. The molecule has 0 aliphatic carbocycles. The fourth-order valence-corrected chi connectivity index (χ4v) is 3.11. The Morgan fingerprint density at radius 3 is 2.46 bits per heavy atom.